The molecule has 5 heteroatoms. The second-order valence-electron chi connectivity index (χ2n) is 17.1. The van der Waals surface area contributed by atoms with Crippen molar-refractivity contribution < 1.29 is 14.3 Å². The first-order valence-corrected chi connectivity index (χ1v) is 25.0. The molecule has 56 heavy (non-hydrogen) atoms. The van der Waals surface area contributed by atoms with Gasteiger partial charge < -0.3 is 15.4 Å². The molecule has 0 saturated heterocycles. The average molecular weight is 783 g/mol. The second kappa shape index (κ2) is 41.1. The first-order valence-electron chi connectivity index (χ1n) is 25.0. The standard InChI is InChI=1S/C51H94N2O3/c1-4-7-10-13-15-17-19-21-23-25-27-29-31-33-35-38-43-52-50(54)47-41-42-48(49(46-47)56-45-40-37-12-9-6-3)51(55)53-44-39-36-34-32-30-28-26-24-22-20-18-16-14-11-8-5-2/h41-42,46H,4-40,43-45H2,1-3H3,(H,52,54)(H,53,55). The Morgan fingerprint density at radius 1 is 0.393 bits per heavy atom. The molecular formula is C51H94N2O3. The smallest absolute Gasteiger partial charge is 0.255 e. The summed E-state index contributed by atoms with van der Waals surface area (Å²) in [6.07, 6.45) is 48.7. The minimum absolute atomic E-state index is 0.0844. The molecule has 5 nitrogen and oxygen atoms in total. The van der Waals surface area contributed by atoms with Crippen LogP contribution in [0.3, 0.4) is 0 Å². The maximum atomic E-state index is 13.2. The predicted octanol–water partition coefficient (Wildman–Crippen LogP) is 16.0. The Morgan fingerprint density at radius 3 is 1.05 bits per heavy atom. The van der Waals surface area contributed by atoms with Gasteiger partial charge in [-0.15, -0.1) is 0 Å². The molecule has 0 fully saturated rings. The predicted molar refractivity (Wildman–Crippen MR) is 244 cm³/mol. The van der Waals surface area contributed by atoms with Crippen molar-refractivity contribution in [2.75, 3.05) is 19.7 Å². The molecule has 0 radical (unpaired) electrons. The molecule has 0 unspecified atom stereocenters. The minimum atomic E-state index is -0.105. The van der Waals surface area contributed by atoms with Gasteiger partial charge in [-0.2, -0.15) is 0 Å². The summed E-state index contributed by atoms with van der Waals surface area (Å²) in [6.45, 7) is 8.72. The number of unbranched alkanes of at least 4 members (excludes halogenated alkanes) is 34. The molecule has 0 aliphatic carbocycles. The number of amides is 2. The number of rotatable bonds is 43. The summed E-state index contributed by atoms with van der Waals surface area (Å²) in [5.74, 6) is 0.339. The summed E-state index contributed by atoms with van der Waals surface area (Å²) in [5, 5.41) is 6.23. The van der Waals surface area contributed by atoms with Crippen LogP contribution in [0.4, 0.5) is 0 Å². The highest BCUT2D eigenvalue weighted by atomic mass is 16.5. The zero-order chi connectivity index (χ0) is 40.4. The molecule has 2 N–H and O–H groups in total. The highest BCUT2D eigenvalue weighted by Gasteiger charge is 2.16. The zero-order valence-electron chi connectivity index (χ0n) is 37.7. The van der Waals surface area contributed by atoms with Crippen LogP contribution in [0.15, 0.2) is 18.2 Å². The number of carbonyl (C=O) groups is 2. The fourth-order valence-corrected chi connectivity index (χ4v) is 7.81. The first-order chi connectivity index (χ1) is 27.6. The minimum Gasteiger partial charge on any atom is -0.493 e. The summed E-state index contributed by atoms with van der Waals surface area (Å²) in [6, 6.07) is 5.33. The first kappa shape index (κ1) is 52.0. The van der Waals surface area contributed by atoms with Crippen LogP contribution in [0.1, 0.15) is 279 Å². The second-order valence-corrected chi connectivity index (χ2v) is 17.1. The zero-order valence-corrected chi connectivity index (χ0v) is 37.7. The number of benzene rings is 1. The van der Waals surface area contributed by atoms with Crippen molar-refractivity contribution in [1.82, 2.24) is 10.6 Å². The molecule has 1 aromatic carbocycles. The lowest BCUT2D eigenvalue weighted by atomic mass is 10.0. The van der Waals surface area contributed by atoms with Gasteiger partial charge in [-0.25, -0.2) is 0 Å². The summed E-state index contributed by atoms with van der Waals surface area (Å²) in [4.78, 5) is 26.3. The SMILES string of the molecule is CCCCCCCCCCCCCCCCCCNC(=O)c1ccc(C(=O)NCCCCCCCCCCCCCCCCCC)c(OCCCCCCC)c1. The Morgan fingerprint density at radius 2 is 0.696 bits per heavy atom. The van der Waals surface area contributed by atoms with E-state index in [1.54, 1.807) is 18.2 Å². The van der Waals surface area contributed by atoms with Crippen molar-refractivity contribution in [3.63, 3.8) is 0 Å². The molecule has 0 spiro atoms. The van der Waals surface area contributed by atoms with Crippen molar-refractivity contribution in [3.05, 3.63) is 29.3 Å². The van der Waals surface area contributed by atoms with E-state index in [0.717, 1.165) is 38.5 Å². The molecule has 1 rings (SSSR count). The van der Waals surface area contributed by atoms with Gasteiger partial charge in [0.25, 0.3) is 11.8 Å². The van der Waals surface area contributed by atoms with Crippen molar-refractivity contribution >= 4 is 11.8 Å². The van der Waals surface area contributed by atoms with Crippen LogP contribution in [-0.4, -0.2) is 31.5 Å². The quantitative estimate of drug-likeness (QED) is 0.0648. The van der Waals surface area contributed by atoms with E-state index in [2.05, 4.69) is 31.4 Å². The molecule has 0 saturated carbocycles. The lowest BCUT2D eigenvalue weighted by molar-refractivity contribution is 0.0937. The van der Waals surface area contributed by atoms with E-state index in [9.17, 15) is 9.59 Å². The number of ether oxygens (including phenoxy) is 1. The summed E-state index contributed by atoms with van der Waals surface area (Å²) in [5.41, 5.74) is 1.10. The Balaban J connectivity index is 2.27. The normalized spacial score (nSPS) is 11.3. The monoisotopic (exact) mass is 783 g/mol. The molecule has 1 aromatic rings. The molecule has 0 bridgehead atoms. The third-order valence-electron chi connectivity index (χ3n) is 11.6. The topological polar surface area (TPSA) is 67.4 Å². The molecule has 0 aromatic heterocycles. The van der Waals surface area contributed by atoms with Gasteiger partial charge in [0, 0.05) is 18.7 Å². The van der Waals surface area contributed by atoms with Crippen LogP contribution in [0.2, 0.25) is 0 Å². The molecule has 0 heterocycles. The van der Waals surface area contributed by atoms with E-state index >= 15 is 0 Å². The Bertz CT molecular complexity index is 1010. The lowest BCUT2D eigenvalue weighted by Crippen LogP contribution is -2.26. The van der Waals surface area contributed by atoms with Crippen molar-refractivity contribution in [2.24, 2.45) is 0 Å². The Labute approximate surface area is 348 Å². The Kier molecular flexibility index (Phi) is 38.2. The number of carbonyl (C=O) groups excluding carboxylic acids is 2. The molecule has 2 amide bonds. The van der Waals surface area contributed by atoms with Crippen molar-refractivity contribution in [2.45, 2.75) is 258 Å². The Hall–Kier alpha value is -2.04. The van der Waals surface area contributed by atoms with Crippen LogP contribution >= 0.6 is 0 Å². The van der Waals surface area contributed by atoms with Gasteiger partial charge in [0.15, 0.2) is 0 Å². The van der Waals surface area contributed by atoms with Crippen LogP contribution in [0.5, 0.6) is 5.75 Å². The van der Waals surface area contributed by atoms with Crippen LogP contribution < -0.4 is 15.4 Å². The van der Waals surface area contributed by atoms with Crippen LogP contribution in [-0.2, 0) is 0 Å². The molecule has 0 aliphatic rings. The van der Waals surface area contributed by atoms with Gasteiger partial charge in [-0.3, -0.25) is 9.59 Å². The number of hydrogen-bond donors (Lipinski definition) is 2. The highest BCUT2D eigenvalue weighted by molar-refractivity contribution is 6.00. The molecule has 0 atom stereocenters. The maximum absolute atomic E-state index is 13.2. The van der Waals surface area contributed by atoms with Gasteiger partial charge in [0.05, 0.1) is 12.2 Å². The fourth-order valence-electron chi connectivity index (χ4n) is 7.81. The van der Waals surface area contributed by atoms with Gasteiger partial charge in [0.1, 0.15) is 5.75 Å². The van der Waals surface area contributed by atoms with Crippen molar-refractivity contribution in [1.29, 1.82) is 0 Å². The fraction of sp³-hybridized carbons (Fsp3) is 0.843. The molecule has 0 aliphatic heterocycles. The van der Waals surface area contributed by atoms with E-state index in [4.69, 9.17) is 4.74 Å². The van der Waals surface area contributed by atoms with Crippen LogP contribution in [0, 0.1) is 0 Å². The lowest BCUT2D eigenvalue weighted by Gasteiger charge is -2.14. The highest BCUT2D eigenvalue weighted by Crippen LogP contribution is 2.22. The van der Waals surface area contributed by atoms with E-state index in [0.29, 0.717) is 36.6 Å². The largest absolute Gasteiger partial charge is 0.493 e. The number of hydrogen-bond acceptors (Lipinski definition) is 3. The molecular weight excluding hydrogens is 689 g/mol. The maximum Gasteiger partial charge on any atom is 0.255 e. The summed E-state index contributed by atoms with van der Waals surface area (Å²) < 4.78 is 6.16. The van der Waals surface area contributed by atoms with Gasteiger partial charge in [-0.05, 0) is 37.5 Å². The van der Waals surface area contributed by atoms with Crippen LogP contribution in [0.25, 0.3) is 0 Å². The molecule has 326 valence electrons. The number of nitrogens with one attached hydrogen (secondary N) is 2. The van der Waals surface area contributed by atoms with Gasteiger partial charge in [0.2, 0.25) is 0 Å². The van der Waals surface area contributed by atoms with E-state index in [1.165, 1.54) is 199 Å². The summed E-state index contributed by atoms with van der Waals surface area (Å²) in [7, 11) is 0. The van der Waals surface area contributed by atoms with Gasteiger partial charge >= 0.3 is 0 Å². The van der Waals surface area contributed by atoms with E-state index in [-0.39, 0.29) is 11.8 Å². The average Bonchev–Trinajstić information content (AvgIpc) is 3.21. The van der Waals surface area contributed by atoms with E-state index < -0.39 is 0 Å². The van der Waals surface area contributed by atoms with Gasteiger partial charge in [-0.1, -0.05) is 239 Å². The van der Waals surface area contributed by atoms with E-state index in [1.807, 2.05) is 0 Å². The third-order valence-corrected chi connectivity index (χ3v) is 11.6. The van der Waals surface area contributed by atoms with Crippen molar-refractivity contribution in [3.8, 4) is 5.75 Å². The third kappa shape index (κ3) is 32.0. The summed E-state index contributed by atoms with van der Waals surface area (Å²) >= 11 is 0.